The maximum Gasteiger partial charge on any atom is 0.342 e. The second-order valence-corrected chi connectivity index (χ2v) is 5.35. The van der Waals surface area contributed by atoms with Gasteiger partial charge < -0.3 is 23.9 Å². The molecule has 0 unspecified atom stereocenters. The molecule has 0 radical (unpaired) electrons. The van der Waals surface area contributed by atoms with E-state index in [1.54, 1.807) is 33.3 Å². The van der Waals surface area contributed by atoms with Crippen LogP contribution in [0.1, 0.15) is 28.6 Å². The number of carbonyl (C=O) groups excluding carboxylic acids is 2. The summed E-state index contributed by atoms with van der Waals surface area (Å²) >= 11 is 0. The van der Waals surface area contributed by atoms with Crippen LogP contribution in [0.25, 0.3) is 0 Å². The van der Waals surface area contributed by atoms with E-state index in [9.17, 15) is 9.59 Å². The van der Waals surface area contributed by atoms with Crippen LogP contribution in [0.15, 0.2) is 34.9 Å². The highest BCUT2D eigenvalue weighted by molar-refractivity contribution is 5.92. The number of furan rings is 1. The zero-order chi connectivity index (χ0) is 18.4. The minimum atomic E-state index is -0.929. The Bertz CT molecular complexity index is 752. The molecule has 0 saturated heterocycles. The summed E-state index contributed by atoms with van der Waals surface area (Å²) in [6.45, 7) is 3.43. The van der Waals surface area contributed by atoms with Gasteiger partial charge in [0, 0.05) is 6.54 Å². The average Bonchev–Trinajstić information content (AvgIpc) is 3.05. The maximum absolute atomic E-state index is 12.1. The summed E-state index contributed by atoms with van der Waals surface area (Å²) in [4.78, 5) is 24.1. The molecule has 134 valence electrons. The predicted octanol–water partition coefficient (Wildman–Crippen LogP) is 2.47. The van der Waals surface area contributed by atoms with Gasteiger partial charge in [0.25, 0.3) is 5.91 Å². The van der Waals surface area contributed by atoms with Gasteiger partial charge in [-0.3, -0.25) is 4.79 Å². The van der Waals surface area contributed by atoms with E-state index in [0.29, 0.717) is 22.8 Å². The topological polar surface area (TPSA) is 87.0 Å². The smallest absolute Gasteiger partial charge is 0.342 e. The Balaban J connectivity index is 1.91. The molecule has 0 aliphatic heterocycles. The van der Waals surface area contributed by atoms with Crippen LogP contribution in [0, 0.1) is 6.92 Å². The maximum atomic E-state index is 12.1. The van der Waals surface area contributed by atoms with Crippen molar-refractivity contribution in [2.75, 3.05) is 14.2 Å². The van der Waals surface area contributed by atoms with Gasteiger partial charge in [0.1, 0.15) is 11.3 Å². The number of ether oxygens (including phenoxy) is 3. The van der Waals surface area contributed by atoms with E-state index in [2.05, 4.69) is 5.32 Å². The molecule has 25 heavy (non-hydrogen) atoms. The molecule has 1 aromatic heterocycles. The molecule has 1 atom stereocenters. The predicted molar refractivity (Wildman–Crippen MR) is 89.7 cm³/mol. The largest absolute Gasteiger partial charge is 0.493 e. The summed E-state index contributed by atoms with van der Waals surface area (Å²) in [5.74, 6) is 0.631. The normalized spacial score (nSPS) is 11.5. The van der Waals surface area contributed by atoms with Crippen LogP contribution in [0.2, 0.25) is 0 Å². The van der Waals surface area contributed by atoms with Crippen molar-refractivity contribution in [3.8, 4) is 11.5 Å². The lowest BCUT2D eigenvalue weighted by atomic mass is 10.2. The van der Waals surface area contributed by atoms with Crippen molar-refractivity contribution in [1.29, 1.82) is 0 Å². The van der Waals surface area contributed by atoms with Crippen molar-refractivity contribution in [1.82, 2.24) is 5.32 Å². The number of esters is 1. The number of rotatable bonds is 7. The Morgan fingerprint density at radius 2 is 1.88 bits per heavy atom. The lowest BCUT2D eigenvalue weighted by Crippen LogP contribution is -2.35. The van der Waals surface area contributed by atoms with Crippen molar-refractivity contribution in [2.45, 2.75) is 26.5 Å². The molecule has 7 heteroatoms. The lowest BCUT2D eigenvalue weighted by Gasteiger charge is -2.14. The number of amides is 1. The first-order valence-electron chi connectivity index (χ1n) is 7.70. The molecule has 0 aliphatic carbocycles. The van der Waals surface area contributed by atoms with E-state index in [1.165, 1.54) is 19.3 Å². The van der Waals surface area contributed by atoms with Gasteiger partial charge in [-0.05, 0) is 37.6 Å². The van der Waals surface area contributed by atoms with Crippen LogP contribution in [0.3, 0.4) is 0 Å². The second-order valence-electron chi connectivity index (χ2n) is 5.35. The first kappa shape index (κ1) is 18.4. The SMILES string of the molecule is COc1ccc(CNC(=O)[C@H](C)OC(=O)c2ccoc2C)cc1OC. The zero-order valence-corrected chi connectivity index (χ0v) is 14.6. The molecule has 0 aliphatic rings. The fraction of sp³-hybridized carbons (Fsp3) is 0.333. The fourth-order valence-corrected chi connectivity index (χ4v) is 2.20. The summed E-state index contributed by atoms with van der Waals surface area (Å²) in [6, 6.07) is 6.84. The van der Waals surface area contributed by atoms with Crippen LogP contribution < -0.4 is 14.8 Å². The van der Waals surface area contributed by atoms with E-state index < -0.39 is 18.0 Å². The van der Waals surface area contributed by atoms with Crippen molar-refractivity contribution >= 4 is 11.9 Å². The van der Waals surface area contributed by atoms with Gasteiger partial charge in [-0.2, -0.15) is 0 Å². The van der Waals surface area contributed by atoms with Crippen molar-refractivity contribution < 1.29 is 28.2 Å². The minimum Gasteiger partial charge on any atom is -0.493 e. The Morgan fingerprint density at radius 3 is 2.48 bits per heavy atom. The van der Waals surface area contributed by atoms with Crippen LogP contribution in [0.4, 0.5) is 0 Å². The molecule has 1 N–H and O–H groups in total. The van der Waals surface area contributed by atoms with Gasteiger partial charge >= 0.3 is 5.97 Å². The van der Waals surface area contributed by atoms with Crippen LogP contribution in [-0.2, 0) is 16.1 Å². The van der Waals surface area contributed by atoms with Crippen LogP contribution in [0.5, 0.6) is 11.5 Å². The molecular formula is C18H21NO6. The second kappa shape index (κ2) is 8.23. The highest BCUT2D eigenvalue weighted by Gasteiger charge is 2.21. The summed E-state index contributed by atoms with van der Waals surface area (Å²) in [6.07, 6.45) is 0.468. The average molecular weight is 347 g/mol. The van der Waals surface area contributed by atoms with E-state index in [-0.39, 0.29) is 6.54 Å². The van der Waals surface area contributed by atoms with E-state index in [1.807, 2.05) is 6.07 Å². The van der Waals surface area contributed by atoms with Gasteiger partial charge in [-0.1, -0.05) is 6.07 Å². The monoisotopic (exact) mass is 347 g/mol. The van der Waals surface area contributed by atoms with Crippen LogP contribution >= 0.6 is 0 Å². The third-order valence-electron chi connectivity index (χ3n) is 3.65. The number of aryl methyl sites for hydroxylation is 1. The number of hydrogen-bond acceptors (Lipinski definition) is 6. The first-order chi connectivity index (χ1) is 12.0. The van der Waals surface area contributed by atoms with Gasteiger partial charge in [-0.15, -0.1) is 0 Å². The summed E-state index contributed by atoms with van der Waals surface area (Å²) in [5.41, 5.74) is 1.13. The first-order valence-corrected chi connectivity index (χ1v) is 7.70. The Hall–Kier alpha value is -2.96. The van der Waals surface area contributed by atoms with Crippen molar-refractivity contribution in [3.63, 3.8) is 0 Å². The molecule has 1 aromatic carbocycles. The molecule has 0 fully saturated rings. The molecule has 7 nitrogen and oxygen atoms in total. The zero-order valence-electron chi connectivity index (χ0n) is 14.6. The van der Waals surface area contributed by atoms with Gasteiger partial charge in [-0.25, -0.2) is 4.79 Å². The van der Waals surface area contributed by atoms with Crippen molar-refractivity contribution in [2.24, 2.45) is 0 Å². The van der Waals surface area contributed by atoms with Gasteiger partial charge in [0.15, 0.2) is 17.6 Å². The van der Waals surface area contributed by atoms with E-state index in [0.717, 1.165) is 5.56 Å². The molecule has 2 aromatic rings. The number of carbonyl (C=O) groups is 2. The number of nitrogens with one attached hydrogen (secondary N) is 1. The molecular weight excluding hydrogens is 326 g/mol. The third-order valence-corrected chi connectivity index (χ3v) is 3.65. The van der Waals surface area contributed by atoms with Crippen molar-refractivity contribution in [3.05, 3.63) is 47.4 Å². The Kier molecular flexibility index (Phi) is 6.05. The van der Waals surface area contributed by atoms with E-state index >= 15 is 0 Å². The standard InChI is InChI=1S/C18H21NO6/c1-11-14(7-8-24-11)18(21)25-12(2)17(20)19-10-13-5-6-15(22-3)16(9-13)23-4/h5-9,12H,10H2,1-4H3,(H,19,20)/t12-/m0/s1. The number of hydrogen-bond donors (Lipinski definition) is 1. The molecule has 1 heterocycles. The van der Waals surface area contributed by atoms with E-state index in [4.69, 9.17) is 18.6 Å². The summed E-state index contributed by atoms with van der Waals surface area (Å²) in [7, 11) is 3.09. The molecule has 0 bridgehead atoms. The van der Waals surface area contributed by atoms with Gasteiger partial charge in [0.05, 0.1) is 20.5 Å². The summed E-state index contributed by atoms with van der Waals surface area (Å²) in [5, 5.41) is 2.72. The molecule has 0 spiro atoms. The highest BCUT2D eigenvalue weighted by atomic mass is 16.5. The summed E-state index contributed by atoms with van der Waals surface area (Å²) < 4.78 is 20.6. The minimum absolute atomic E-state index is 0.270. The Morgan fingerprint density at radius 1 is 1.16 bits per heavy atom. The fourth-order valence-electron chi connectivity index (χ4n) is 2.20. The lowest BCUT2D eigenvalue weighted by molar-refractivity contribution is -0.129. The quantitative estimate of drug-likeness (QED) is 0.774. The third kappa shape index (κ3) is 4.53. The number of benzene rings is 1. The van der Waals surface area contributed by atoms with Gasteiger partial charge in [0.2, 0.25) is 0 Å². The Labute approximate surface area is 145 Å². The van der Waals surface area contributed by atoms with Crippen LogP contribution in [-0.4, -0.2) is 32.2 Å². The highest BCUT2D eigenvalue weighted by Crippen LogP contribution is 2.27. The molecule has 1 amide bonds. The molecule has 2 rings (SSSR count). The number of methoxy groups -OCH3 is 2. The molecule has 0 saturated carbocycles.